The molecule has 1 aromatic rings. The number of nitrogens with one attached hydrogen (secondary N) is 1. The maximum atomic E-state index is 14.5. The van der Waals surface area contributed by atoms with Crippen LogP contribution >= 0.6 is 0 Å². The predicted molar refractivity (Wildman–Crippen MR) is 81.6 cm³/mol. The number of halogens is 1. The van der Waals surface area contributed by atoms with Gasteiger partial charge in [0, 0.05) is 18.6 Å². The molecule has 3 unspecified atom stereocenters. The normalized spacial score (nSPS) is 27.4. The van der Waals surface area contributed by atoms with Gasteiger partial charge in [0.25, 0.3) is 0 Å². The fourth-order valence-corrected chi connectivity index (χ4v) is 4.07. The summed E-state index contributed by atoms with van der Waals surface area (Å²) in [5.41, 5.74) is 1.95. The van der Waals surface area contributed by atoms with Gasteiger partial charge in [-0.15, -0.1) is 0 Å². The lowest BCUT2D eigenvalue weighted by Crippen LogP contribution is -2.43. The minimum atomic E-state index is -0.0582. The third kappa shape index (κ3) is 2.32. The largest absolute Gasteiger partial charge is 0.366 e. The van der Waals surface area contributed by atoms with Crippen molar-refractivity contribution < 1.29 is 4.39 Å². The Kier molecular flexibility index (Phi) is 3.97. The minimum Gasteiger partial charge on any atom is -0.366 e. The first kappa shape index (κ1) is 13.9. The van der Waals surface area contributed by atoms with Crippen molar-refractivity contribution in [2.75, 3.05) is 18.5 Å². The summed E-state index contributed by atoms with van der Waals surface area (Å²) in [6.45, 7) is 3.11. The van der Waals surface area contributed by atoms with Gasteiger partial charge in [0.05, 0.1) is 5.69 Å². The summed E-state index contributed by atoms with van der Waals surface area (Å²) >= 11 is 0. The van der Waals surface area contributed by atoms with E-state index in [0.29, 0.717) is 6.04 Å². The zero-order valence-corrected chi connectivity index (χ0v) is 12.5. The molecule has 110 valence electrons. The molecule has 3 rings (SSSR count). The van der Waals surface area contributed by atoms with Gasteiger partial charge in [-0.2, -0.15) is 0 Å². The van der Waals surface area contributed by atoms with Crippen LogP contribution in [0.5, 0.6) is 0 Å². The molecule has 20 heavy (non-hydrogen) atoms. The van der Waals surface area contributed by atoms with E-state index in [4.69, 9.17) is 0 Å². The predicted octanol–water partition coefficient (Wildman–Crippen LogP) is 3.88. The Balaban J connectivity index is 1.99. The smallest absolute Gasteiger partial charge is 0.146 e. The lowest BCUT2D eigenvalue weighted by Gasteiger charge is -2.41. The molecule has 0 radical (unpaired) electrons. The van der Waals surface area contributed by atoms with Crippen molar-refractivity contribution in [3.05, 3.63) is 29.6 Å². The molecule has 1 N–H and O–H groups in total. The van der Waals surface area contributed by atoms with Crippen LogP contribution in [0.4, 0.5) is 10.1 Å². The van der Waals surface area contributed by atoms with Gasteiger partial charge in [-0.25, -0.2) is 4.39 Å². The number of nitrogens with zero attached hydrogens (tertiary/aromatic N) is 1. The molecular formula is C17H25FN2. The van der Waals surface area contributed by atoms with Crippen LogP contribution in [0.15, 0.2) is 18.2 Å². The van der Waals surface area contributed by atoms with Crippen molar-refractivity contribution in [2.45, 2.75) is 51.1 Å². The average molecular weight is 276 g/mol. The summed E-state index contributed by atoms with van der Waals surface area (Å²) in [6, 6.07) is 6.25. The van der Waals surface area contributed by atoms with Crippen molar-refractivity contribution in [1.29, 1.82) is 0 Å². The number of para-hydroxylation sites is 1. The van der Waals surface area contributed by atoms with E-state index in [1.165, 1.54) is 32.1 Å². The molecule has 0 amide bonds. The van der Waals surface area contributed by atoms with E-state index in [9.17, 15) is 4.39 Å². The van der Waals surface area contributed by atoms with E-state index in [2.05, 4.69) is 23.2 Å². The summed E-state index contributed by atoms with van der Waals surface area (Å²) < 4.78 is 14.5. The molecule has 1 saturated heterocycles. The second-order valence-electron chi connectivity index (χ2n) is 6.28. The van der Waals surface area contributed by atoms with Crippen LogP contribution in [0.3, 0.4) is 0 Å². The number of fused-ring (bicyclic) bond motifs is 1. The zero-order chi connectivity index (χ0) is 14.1. The molecule has 0 bridgehead atoms. The van der Waals surface area contributed by atoms with Crippen molar-refractivity contribution in [3.8, 4) is 0 Å². The van der Waals surface area contributed by atoms with Crippen LogP contribution in [0.25, 0.3) is 0 Å². The fourth-order valence-electron chi connectivity index (χ4n) is 4.07. The van der Waals surface area contributed by atoms with Crippen LogP contribution < -0.4 is 10.2 Å². The highest BCUT2D eigenvalue weighted by atomic mass is 19.1. The van der Waals surface area contributed by atoms with Crippen LogP contribution in [0.1, 0.15) is 50.6 Å². The molecular weight excluding hydrogens is 251 g/mol. The number of benzene rings is 1. The molecule has 3 heteroatoms. The SMILES string of the molecule is CNC(C)c1cccc(F)c1N1CCCC2CCCC21. The van der Waals surface area contributed by atoms with Gasteiger partial charge in [-0.1, -0.05) is 18.6 Å². The quantitative estimate of drug-likeness (QED) is 0.901. The van der Waals surface area contributed by atoms with Crippen LogP contribution in [0, 0.1) is 11.7 Å². The lowest BCUT2D eigenvalue weighted by molar-refractivity contribution is 0.358. The number of rotatable bonds is 3. The second-order valence-corrected chi connectivity index (χ2v) is 6.28. The minimum absolute atomic E-state index is 0.0582. The topological polar surface area (TPSA) is 15.3 Å². The van der Waals surface area contributed by atoms with Crippen molar-refractivity contribution in [2.24, 2.45) is 5.92 Å². The Morgan fingerprint density at radius 1 is 1.25 bits per heavy atom. The monoisotopic (exact) mass is 276 g/mol. The standard InChI is InChI=1S/C17H25FN2/c1-12(19-2)14-8-4-9-15(18)17(14)20-11-5-7-13-6-3-10-16(13)20/h4,8-9,12-13,16,19H,3,5-7,10-11H2,1-2H3. The molecule has 2 aliphatic rings. The molecule has 1 heterocycles. The number of hydrogen-bond donors (Lipinski definition) is 1. The van der Waals surface area contributed by atoms with E-state index in [1.807, 2.05) is 13.1 Å². The van der Waals surface area contributed by atoms with Crippen molar-refractivity contribution in [3.63, 3.8) is 0 Å². The van der Waals surface area contributed by atoms with E-state index in [0.717, 1.165) is 23.7 Å². The van der Waals surface area contributed by atoms with Gasteiger partial charge < -0.3 is 10.2 Å². The Morgan fingerprint density at radius 2 is 2.05 bits per heavy atom. The van der Waals surface area contributed by atoms with E-state index >= 15 is 0 Å². The molecule has 1 saturated carbocycles. The molecule has 0 spiro atoms. The van der Waals surface area contributed by atoms with Crippen LogP contribution in [0.2, 0.25) is 0 Å². The second kappa shape index (κ2) is 5.72. The Bertz CT molecular complexity index is 474. The van der Waals surface area contributed by atoms with Crippen molar-refractivity contribution in [1.82, 2.24) is 5.32 Å². The van der Waals surface area contributed by atoms with E-state index in [1.54, 1.807) is 6.07 Å². The van der Waals surface area contributed by atoms with Gasteiger partial charge in [0.1, 0.15) is 5.82 Å². The molecule has 2 nitrogen and oxygen atoms in total. The van der Waals surface area contributed by atoms with Crippen LogP contribution in [-0.4, -0.2) is 19.6 Å². The van der Waals surface area contributed by atoms with E-state index < -0.39 is 0 Å². The molecule has 1 aromatic carbocycles. The fraction of sp³-hybridized carbons (Fsp3) is 0.647. The maximum absolute atomic E-state index is 14.5. The zero-order valence-electron chi connectivity index (χ0n) is 12.5. The first-order valence-electron chi connectivity index (χ1n) is 7.94. The van der Waals surface area contributed by atoms with Crippen molar-refractivity contribution >= 4 is 5.69 Å². The first-order valence-corrected chi connectivity index (χ1v) is 7.94. The Hall–Kier alpha value is -1.09. The van der Waals surface area contributed by atoms with Gasteiger partial charge >= 0.3 is 0 Å². The van der Waals surface area contributed by atoms with Gasteiger partial charge in [0.2, 0.25) is 0 Å². The summed E-state index contributed by atoms with van der Waals surface area (Å²) in [6.07, 6.45) is 6.38. The van der Waals surface area contributed by atoms with Gasteiger partial charge in [-0.05, 0) is 57.2 Å². The highest BCUT2D eigenvalue weighted by Gasteiger charge is 2.37. The molecule has 0 aromatic heterocycles. The summed E-state index contributed by atoms with van der Waals surface area (Å²) in [5, 5.41) is 3.25. The lowest BCUT2D eigenvalue weighted by atomic mass is 9.90. The molecule has 1 aliphatic carbocycles. The summed E-state index contributed by atoms with van der Waals surface area (Å²) in [5.74, 6) is 0.721. The first-order chi connectivity index (χ1) is 9.72. The van der Waals surface area contributed by atoms with Crippen LogP contribution in [-0.2, 0) is 0 Å². The Morgan fingerprint density at radius 3 is 2.85 bits per heavy atom. The summed E-state index contributed by atoms with van der Waals surface area (Å²) in [7, 11) is 1.94. The number of piperidine rings is 1. The third-order valence-corrected chi connectivity index (χ3v) is 5.20. The number of anilines is 1. The molecule has 1 aliphatic heterocycles. The van der Waals surface area contributed by atoms with Gasteiger partial charge in [0.15, 0.2) is 0 Å². The maximum Gasteiger partial charge on any atom is 0.146 e. The number of hydrogen-bond acceptors (Lipinski definition) is 2. The van der Waals surface area contributed by atoms with E-state index in [-0.39, 0.29) is 11.9 Å². The highest BCUT2D eigenvalue weighted by molar-refractivity contribution is 5.57. The van der Waals surface area contributed by atoms with Gasteiger partial charge in [-0.3, -0.25) is 0 Å². The Labute approximate surface area is 121 Å². The highest BCUT2D eigenvalue weighted by Crippen LogP contribution is 2.41. The molecule has 2 fully saturated rings. The average Bonchev–Trinajstić information content (AvgIpc) is 2.94. The summed E-state index contributed by atoms with van der Waals surface area (Å²) in [4.78, 5) is 2.37. The third-order valence-electron chi connectivity index (χ3n) is 5.20. The molecule has 3 atom stereocenters.